The van der Waals surface area contributed by atoms with Gasteiger partial charge in [-0.2, -0.15) is 0 Å². The molecule has 1 N–H and O–H groups in total. The lowest BCUT2D eigenvalue weighted by Crippen LogP contribution is -2.47. The minimum absolute atomic E-state index is 0.139. The normalized spacial score (nSPS) is 17.3. The molecule has 12 heavy (non-hydrogen) atoms. The summed E-state index contributed by atoms with van der Waals surface area (Å²) in [4.78, 5) is 9.83. The summed E-state index contributed by atoms with van der Waals surface area (Å²) in [6, 6.07) is 0. The fourth-order valence-corrected chi connectivity index (χ4v) is 0.429. The predicted molar refractivity (Wildman–Crippen MR) is 49.2 cm³/mol. The molecule has 3 nitrogen and oxygen atoms in total. The number of nitrogens with one attached hydrogen (secondary N) is 1. The van der Waals surface area contributed by atoms with E-state index in [0.29, 0.717) is 6.10 Å². The molecule has 0 amide bonds. The van der Waals surface area contributed by atoms with Gasteiger partial charge >= 0.3 is 0 Å². The molecule has 1 fully saturated rings. The standard InChI is InChI=1S/C5H10O.C4H9NO/c1-5(2,3)4-6;1-6-4-2-5-3-4/h4H,1-3H3;4-5H,2-3H2,1H3. The first-order chi connectivity index (χ1) is 5.49. The molecule has 0 unspecified atom stereocenters. The van der Waals surface area contributed by atoms with E-state index in [1.807, 2.05) is 20.8 Å². The first-order valence-corrected chi connectivity index (χ1v) is 4.19. The summed E-state index contributed by atoms with van der Waals surface area (Å²) < 4.78 is 4.92. The second-order valence-corrected chi connectivity index (χ2v) is 4.00. The van der Waals surface area contributed by atoms with Crippen molar-refractivity contribution >= 4 is 6.29 Å². The minimum atomic E-state index is -0.139. The monoisotopic (exact) mass is 173 g/mol. The molecule has 0 saturated carbocycles. The van der Waals surface area contributed by atoms with Crippen LogP contribution in [0.1, 0.15) is 20.8 Å². The third-order valence-electron chi connectivity index (χ3n) is 1.43. The van der Waals surface area contributed by atoms with E-state index in [4.69, 9.17) is 4.74 Å². The second kappa shape index (κ2) is 5.27. The zero-order valence-electron chi connectivity index (χ0n) is 8.39. The summed E-state index contributed by atoms with van der Waals surface area (Å²) in [7, 11) is 1.74. The summed E-state index contributed by atoms with van der Waals surface area (Å²) in [5, 5.41) is 3.09. The molecule has 0 bridgehead atoms. The lowest BCUT2D eigenvalue weighted by Gasteiger charge is -2.24. The predicted octanol–water partition coefficient (Wildman–Crippen LogP) is 0.836. The van der Waals surface area contributed by atoms with E-state index in [-0.39, 0.29) is 5.41 Å². The molecule has 0 aromatic heterocycles. The van der Waals surface area contributed by atoms with Crippen molar-refractivity contribution < 1.29 is 9.53 Å². The van der Waals surface area contributed by atoms with Crippen LogP contribution in [-0.2, 0) is 9.53 Å². The average Bonchev–Trinajstić information content (AvgIpc) is 1.85. The van der Waals surface area contributed by atoms with Gasteiger partial charge in [0.15, 0.2) is 0 Å². The number of hydrogen-bond acceptors (Lipinski definition) is 3. The number of aldehydes is 1. The Morgan fingerprint density at radius 2 is 1.83 bits per heavy atom. The van der Waals surface area contributed by atoms with Gasteiger partial charge in [0.1, 0.15) is 6.29 Å². The van der Waals surface area contributed by atoms with Gasteiger partial charge in [-0.3, -0.25) is 0 Å². The van der Waals surface area contributed by atoms with Gasteiger partial charge in [0, 0.05) is 25.6 Å². The Morgan fingerprint density at radius 3 is 1.83 bits per heavy atom. The SMILES string of the molecule is CC(C)(C)C=O.COC1CNC1. The molecule has 72 valence electrons. The van der Waals surface area contributed by atoms with Crippen molar-refractivity contribution in [3.05, 3.63) is 0 Å². The smallest absolute Gasteiger partial charge is 0.125 e. The van der Waals surface area contributed by atoms with E-state index in [1.165, 1.54) is 0 Å². The number of carbonyl (C=O) groups is 1. The summed E-state index contributed by atoms with van der Waals surface area (Å²) in [6.07, 6.45) is 1.44. The van der Waals surface area contributed by atoms with Crippen molar-refractivity contribution in [1.82, 2.24) is 5.32 Å². The lowest BCUT2D eigenvalue weighted by molar-refractivity contribution is -0.113. The molecule has 1 aliphatic heterocycles. The third-order valence-corrected chi connectivity index (χ3v) is 1.43. The van der Waals surface area contributed by atoms with E-state index in [2.05, 4.69) is 5.32 Å². The van der Waals surface area contributed by atoms with Gasteiger partial charge in [-0.25, -0.2) is 0 Å². The van der Waals surface area contributed by atoms with Gasteiger partial charge in [0.2, 0.25) is 0 Å². The molecule has 1 saturated heterocycles. The third kappa shape index (κ3) is 6.31. The minimum Gasteiger partial charge on any atom is -0.379 e. The quantitative estimate of drug-likeness (QED) is 0.597. The zero-order chi connectivity index (χ0) is 9.61. The van der Waals surface area contributed by atoms with E-state index in [0.717, 1.165) is 19.4 Å². The molecule has 3 heteroatoms. The number of ether oxygens (including phenoxy) is 1. The fourth-order valence-electron chi connectivity index (χ4n) is 0.429. The number of hydrogen-bond donors (Lipinski definition) is 1. The van der Waals surface area contributed by atoms with Crippen molar-refractivity contribution in [2.45, 2.75) is 26.9 Å². The Kier molecular flexibility index (Phi) is 5.09. The molecule has 0 aromatic rings. The van der Waals surface area contributed by atoms with Crippen LogP contribution in [0.2, 0.25) is 0 Å². The molecule has 0 spiro atoms. The zero-order valence-corrected chi connectivity index (χ0v) is 8.39. The van der Waals surface area contributed by atoms with Gasteiger partial charge in [-0.1, -0.05) is 20.8 Å². The maximum absolute atomic E-state index is 9.83. The Labute approximate surface area is 74.5 Å². The average molecular weight is 173 g/mol. The largest absolute Gasteiger partial charge is 0.379 e. The molecular weight excluding hydrogens is 154 g/mol. The van der Waals surface area contributed by atoms with Crippen molar-refractivity contribution in [3.63, 3.8) is 0 Å². The molecular formula is C9H19NO2. The highest BCUT2D eigenvalue weighted by Crippen LogP contribution is 2.05. The first-order valence-electron chi connectivity index (χ1n) is 4.19. The molecule has 0 aliphatic carbocycles. The highest BCUT2D eigenvalue weighted by Gasteiger charge is 2.13. The molecule has 0 radical (unpaired) electrons. The summed E-state index contributed by atoms with van der Waals surface area (Å²) in [6.45, 7) is 7.70. The van der Waals surface area contributed by atoms with Crippen LogP contribution in [0.25, 0.3) is 0 Å². The van der Waals surface area contributed by atoms with Crippen LogP contribution in [0.5, 0.6) is 0 Å². The molecule has 0 atom stereocenters. The maximum Gasteiger partial charge on any atom is 0.125 e. The van der Waals surface area contributed by atoms with Gasteiger partial charge in [0.25, 0.3) is 0 Å². The van der Waals surface area contributed by atoms with E-state index >= 15 is 0 Å². The van der Waals surface area contributed by atoms with Crippen LogP contribution in [0.3, 0.4) is 0 Å². The molecule has 0 aromatic carbocycles. The second-order valence-electron chi connectivity index (χ2n) is 4.00. The Morgan fingerprint density at radius 1 is 1.42 bits per heavy atom. The Hall–Kier alpha value is -0.410. The van der Waals surface area contributed by atoms with Gasteiger partial charge in [-0.15, -0.1) is 0 Å². The van der Waals surface area contributed by atoms with Crippen LogP contribution >= 0.6 is 0 Å². The van der Waals surface area contributed by atoms with Crippen LogP contribution in [-0.4, -0.2) is 32.6 Å². The van der Waals surface area contributed by atoms with Crippen molar-refractivity contribution in [2.24, 2.45) is 5.41 Å². The molecule has 1 rings (SSSR count). The summed E-state index contributed by atoms with van der Waals surface area (Å²) in [5.74, 6) is 0. The Balaban J connectivity index is 0.000000202. The molecule has 1 heterocycles. The number of methoxy groups -OCH3 is 1. The highest BCUT2D eigenvalue weighted by molar-refractivity contribution is 5.56. The van der Waals surface area contributed by atoms with E-state index < -0.39 is 0 Å². The van der Waals surface area contributed by atoms with E-state index in [1.54, 1.807) is 7.11 Å². The number of rotatable bonds is 1. The van der Waals surface area contributed by atoms with Gasteiger partial charge < -0.3 is 14.8 Å². The first kappa shape index (κ1) is 11.6. The lowest BCUT2D eigenvalue weighted by atomic mass is 10.0. The van der Waals surface area contributed by atoms with Gasteiger partial charge in [-0.05, 0) is 0 Å². The van der Waals surface area contributed by atoms with Crippen LogP contribution in [0.15, 0.2) is 0 Å². The van der Waals surface area contributed by atoms with Gasteiger partial charge in [0.05, 0.1) is 6.10 Å². The number of carbonyl (C=O) groups excluding carboxylic acids is 1. The van der Waals surface area contributed by atoms with Crippen molar-refractivity contribution in [3.8, 4) is 0 Å². The van der Waals surface area contributed by atoms with Crippen LogP contribution in [0, 0.1) is 5.41 Å². The van der Waals surface area contributed by atoms with Crippen molar-refractivity contribution in [2.75, 3.05) is 20.2 Å². The summed E-state index contributed by atoms with van der Waals surface area (Å²) >= 11 is 0. The molecule has 1 aliphatic rings. The van der Waals surface area contributed by atoms with Crippen molar-refractivity contribution in [1.29, 1.82) is 0 Å². The highest BCUT2D eigenvalue weighted by atomic mass is 16.5. The van der Waals surface area contributed by atoms with E-state index in [9.17, 15) is 4.79 Å². The topological polar surface area (TPSA) is 38.3 Å². The fraction of sp³-hybridized carbons (Fsp3) is 0.889. The van der Waals surface area contributed by atoms with Crippen LogP contribution < -0.4 is 5.32 Å². The van der Waals surface area contributed by atoms with Crippen LogP contribution in [0.4, 0.5) is 0 Å². The summed E-state index contributed by atoms with van der Waals surface area (Å²) in [5.41, 5.74) is -0.139. The Bertz CT molecular complexity index is 122. The maximum atomic E-state index is 9.83.